The molecule has 0 saturated heterocycles. The molecule has 0 spiro atoms. The predicted octanol–water partition coefficient (Wildman–Crippen LogP) is 2.96. The van der Waals surface area contributed by atoms with Crippen LogP contribution < -0.4 is 11.1 Å². The first kappa shape index (κ1) is 20.5. The van der Waals surface area contributed by atoms with Gasteiger partial charge in [0.2, 0.25) is 5.88 Å². The largest absolute Gasteiger partial charge is 0.494 e. The number of unbranched alkanes of at least 4 members (excludes halogenated alkanes) is 1. The number of benzene rings is 1. The number of aromatic hydroxyl groups is 1. The van der Waals surface area contributed by atoms with Crippen LogP contribution in [0.4, 0.5) is 5.69 Å². The standard InChI is InChI=1S/C20H23N5O3S/c1-4-5-11-24-18(27)15(17(26)22-20(24)29)12-21-16-13(2)23(3)25(19(16)28)14-9-7-6-8-10-14/h6-10,12,27H,4-5,11H2,1-3H3,(H,22,26,29). The number of para-hydroxylation sites is 1. The molecule has 0 aliphatic carbocycles. The van der Waals surface area contributed by atoms with E-state index < -0.39 is 5.56 Å². The fourth-order valence-corrected chi connectivity index (χ4v) is 3.32. The first-order valence-corrected chi connectivity index (χ1v) is 9.71. The number of aromatic nitrogens is 4. The molecule has 152 valence electrons. The van der Waals surface area contributed by atoms with Crippen LogP contribution >= 0.6 is 12.2 Å². The van der Waals surface area contributed by atoms with Gasteiger partial charge in [-0.2, -0.15) is 0 Å². The van der Waals surface area contributed by atoms with E-state index in [9.17, 15) is 14.7 Å². The van der Waals surface area contributed by atoms with E-state index in [2.05, 4.69) is 9.98 Å². The maximum Gasteiger partial charge on any atom is 0.297 e. The first-order chi connectivity index (χ1) is 13.9. The minimum absolute atomic E-state index is 0.0383. The Hall–Kier alpha value is -3.20. The Morgan fingerprint density at radius 3 is 2.59 bits per heavy atom. The summed E-state index contributed by atoms with van der Waals surface area (Å²) in [4.78, 5) is 32.0. The van der Waals surface area contributed by atoms with Gasteiger partial charge in [-0.05, 0) is 37.7 Å². The number of rotatable bonds is 6. The summed E-state index contributed by atoms with van der Waals surface area (Å²) >= 11 is 5.14. The Bertz CT molecular complexity index is 1230. The second kappa shape index (κ2) is 8.44. The summed E-state index contributed by atoms with van der Waals surface area (Å²) in [7, 11) is 1.76. The predicted molar refractivity (Wildman–Crippen MR) is 115 cm³/mol. The molecule has 3 aromatic rings. The lowest BCUT2D eigenvalue weighted by molar-refractivity contribution is 0.398. The van der Waals surface area contributed by atoms with Crippen molar-refractivity contribution in [1.29, 1.82) is 0 Å². The minimum atomic E-state index is -0.555. The molecule has 8 nitrogen and oxygen atoms in total. The van der Waals surface area contributed by atoms with Crippen LogP contribution in [-0.4, -0.2) is 30.2 Å². The summed E-state index contributed by atoms with van der Waals surface area (Å²) in [5, 5.41) is 10.5. The average molecular weight is 414 g/mol. The number of aliphatic imine (C=N–C) groups is 1. The molecule has 0 aliphatic rings. The maximum atomic E-state index is 12.9. The van der Waals surface area contributed by atoms with Crippen LogP contribution in [0, 0.1) is 11.7 Å². The summed E-state index contributed by atoms with van der Waals surface area (Å²) < 4.78 is 4.81. The lowest BCUT2D eigenvalue weighted by atomic mass is 10.3. The summed E-state index contributed by atoms with van der Waals surface area (Å²) in [5.74, 6) is -0.257. The zero-order valence-corrected chi connectivity index (χ0v) is 17.4. The first-order valence-electron chi connectivity index (χ1n) is 9.31. The highest BCUT2D eigenvalue weighted by Gasteiger charge is 2.16. The van der Waals surface area contributed by atoms with E-state index in [-0.39, 0.29) is 27.5 Å². The van der Waals surface area contributed by atoms with E-state index in [0.29, 0.717) is 17.9 Å². The SMILES string of the molecule is CCCCn1c(O)c(C=Nc2c(C)n(C)n(-c3ccccc3)c2=O)c(=O)[nH]c1=S. The highest BCUT2D eigenvalue weighted by molar-refractivity contribution is 7.71. The quantitative estimate of drug-likeness (QED) is 0.480. The third-order valence-corrected chi connectivity index (χ3v) is 5.11. The van der Waals surface area contributed by atoms with Crippen molar-refractivity contribution in [3.05, 3.63) is 67.1 Å². The normalized spacial score (nSPS) is 11.4. The van der Waals surface area contributed by atoms with Crippen molar-refractivity contribution in [3.8, 4) is 11.6 Å². The van der Waals surface area contributed by atoms with Crippen molar-refractivity contribution in [2.45, 2.75) is 33.2 Å². The fraction of sp³-hybridized carbons (Fsp3) is 0.300. The molecule has 9 heteroatoms. The summed E-state index contributed by atoms with van der Waals surface area (Å²) in [5.41, 5.74) is 0.618. The minimum Gasteiger partial charge on any atom is -0.494 e. The molecule has 0 fully saturated rings. The maximum absolute atomic E-state index is 12.9. The zero-order chi connectivity index (χ0) is 21.1. The number of hydrogen-bond donors (Lipinski definition) is 2. The van der Waals surface area contributed by atoms with E-state index in [1.165, 1.54) is 15.5 Å². The molecule has 3 rings (SSSR count). The summed E-state index contributed by atoms with van der Waals surface area (Å²) in [6.07, 6.45) is 2.92. The van der Waals surface area contributed by atoms with Crippen molar-refractivity contribution >= 4 is 24.1 Å². The van der Waals surface area contributed by atoms with E-state index in [1.54, 1.807) is 18.7 Å². The molecule has 2 heterocycles. The van der Waals surface area contributed by atoms with Crippen molar-refractivity contribution in [2.24, 2.45) is 12.0 Å². The number of nitrogens with one attached hydrogen (secondary N) is 1. The lowest BCUT2D eigenvalue weighted by Gasteiger charge is -2.10. The van der Waals surface area contributed by atoms with Crippen molar-refractivity contribution < 1.29 is 5.11 Å². The molecule has 0 atom stereocenters. The molecular weight excluding hydrogens is 390 g/mol. The van der Waals surface area contributed by atoms with E-state index in [1.807, 2.05) is 37.3 Å². The smallest absolute Gasteiger partial charge is 0.297 e. The van der Waals surface area contributed by atoms with Gasteiger partial charge >= 0.3 is 0 Å². The van der Waals surface area contributed by atoms with Crippen LogP contribution in [0.5, 0.6) is 5.88 Å². The van der Waals surface area contributed by atoms with Crippen molar-refractivity contribution in [3.63, 3.8) is 0 Å². The van der Waals surface area contributed by atoms with E-state index >= 15 is 0 Å². The molecule has 0 aliphatic heterocycles. The van der Waals surface area contributed by atoms with Crippen LogP contribution in [0.2, 0.25) is 0 Å². The number of aromatic amines is 1. The number of H-pyrrole nitrogens is 1. The molecule has 1 aromatic carbocycles. The van der Waals surface area contributed by atoms with Gasteiger partial charge in [0.1, 0.15) is 5.56 Å². The van der Waals surface area contributed by atoms with Crippen LogP contribution in [0.25, 0.3) is 5.69 Å². The zero-order valence-electron chi connectivity index (χ0n) is 16.5. The molecule has 0 bridgehead atoms. The molecular formula is C20H23N5O3S. The van der Waals surface area contributed by atoms with Crippen LogP contribution in [0.15, 0.2) is 44.9 Å². The third kappa shape index (κ3) is 3.86. The van der Waals surface area contributed by atoms with Gasteiger partial charge in [-0.1, -0.05) is 31.5 Å². The van der Waals surface area contributed by atoms with Gasteiger partial charge in [0.25, 0.3) is 11.1 Å². The molecule has 2 N–H and O–H groups in total. The van der Waals surface area contributed by atoms with Gasteiger partial charge in [0, 0.05) is 19.8 Å². The second-order valence-electron chi connectivity index (χ2n) is 6.67. The molecule has 0 unspecified atom stereocenters. The Morgan fingerprint density at radius 2 is 1.93 bits per heavy atom. The van der Waals surface area contributed by atoms with Crippen molar-refractivity contribution in [1.82, 2.24) is 18.9 Å². The van der Waals surface area contributed by atoms with E-state index in [4.69, 9.17) is 12.2 Å². The fourth-order valence-electron chi connectivity index (χ4n) is 3.05. The van der Waals surface area contributed by atoms with Gasteiger partial charge in [-0.25, -0.2) is 9.67 Å². The average Bonchev–Trinajstić information content (AvgIpc) is 2.91. The summed E-state index contributed by atoms with van der Waals surface area (Å²) in [6.45, 7) is 4.26. The monoisotopic (exact) mass is 413 g/mol. The van der Waals surface area contributed by atoms with E-state index in [0.717, 1.165) is 12.8 Å². The van der Waals surface area contributed by atoms with Crippen molar-refractivity contribution in [2.75, 3.05) is 0 Å². The van der Waals surface area contributed by atoms with Gasteiger partial charge in [0.15, 0.2) is 10.5 Å². The number of hydrogen-bond acceptors (Lipinski definition) is 5. The van der Waals surface area contributed by atoms with Crippen LogP contribution in [-0.2, 0) is 13.6 Å². The van der Waals surface area contributed by atoms with Crippen LogP contribution in [0.1, 0.15) is 31.0 Å². The topological polar surface area (TPSA) is 97.3 Å². The molecule has 0 saturated carbocycles. The molecule has 2 aromatic heterocycles. The number of nitrogens with zero attached hydrogens (tertiary/aromatic N) is 4. The van der Waals surface area contributed by atoms with Gasteiger partial charge < -0.3 is 5.11 Å². The highest BCUT2D eigenvalue weighted by Crippen LogP contribution is 2.18. The molecule has 29 heavy (non-hydrogen) atoms. The lowest BCUT2D eigenvalue weighted by Crippen LogP contribution is -2.20. The third-order valence-electron chi connectivity index (χ3n) is 4.79. The molecule has 0 amide bonds. The summed E-state index contributed by atoms with van der Waals surface area (Å²) in [6, 6.07) is 9.20. The van der Waals surface area contributed by atoms with Gasteiger partial charge in [-0.15, -0.1) is 0 Å². The Labute approximate surface area is 172 Å². The van der Waals surface area contributed by atoms with Crippen LogP contribution in [0.3, 0.4) is 0 Å². The van der Waals surface area contributed by atoms with Gasteiger partial charge in [-0.3, -0.25) is 23.8 Å². The Balaban J connectivity index is 2.09. The Morgan fingerprint density at radius 1 is 1.24 bits per heavy atom. The molecule has 0 radical (unpaired) electrons. The Kier molecular flexibility index (Phi) is 5.97. The highest BCUT2D eigenvalue weighted by atomic mass is 32.1. The van der Waals surface area contributed by atoms with Gasteiger partial charge in [0.05, 0.1) is 11.4 Å². The second-order valence-corrected chi connectivity index (χ2v) is 7.06.